The Labute approximate surface area is 228 Å². The third kappa shape index (κ3) is 8.23. The van der Waals surface area contributed by atoms with Crippen molar-refractivity contribution in [2.75, 3.05) is 26.9 Å². The molecule has 4 aromatic rings. The van der Waals surface area contributed by atoms with E-state index in [1.807, 2.05) is 48.5 Å². The topological polar surface area (TPSA) is 83.1 Å². The van der Waals surface area contributed by atoms with Gasteiger partial charge in [-0.1, -0.05) is 48.5 Å². The van der Waals surface area contributed by atoms with Crippen LogP contribution in [0, 0.1) is 0 Å². The summed E-state index contributed by atoms with van der Waals surface area (Å²) in [5.41, 5.74) is 3.23. The summed E-state index contributed by atoms with van der Waals surface area (Å²) in [6, 6.07) is 27.5. The zero-order valence-corrected chi connectivity index (χ0v) is 22.3. The van der Waals surface area contributed by atoms with E-state index in [4.69, 9.17) is 14.2 Å². The Kier molecular flexibility index (Phi) is 9.78. The lowest BCUT2D eigenvalue weighted by Crippen LogP contribution is -2.22. The number of hydrogen-bond acceptors (Lipinski definition) is 6. The number of carbonyl (C=O) groups is 2. The van der Waals surface area contributed by atoms with Crippen LogP contribution in [-0.4, -0.2) is 38.9 Å². The van der Waals surface area contributed by atoms with Crippen LogP contribution in [0.15, 0.2) is 84.9 Å². The van der Waals surface area contributed by atoms with Crippen LogP contribution >= 0.6 is 0 Å². The summed E-state index contributed by atoms with van der Waals surface area (Å²) in [7, 11) is 1.27. The minimum absolute atomic E-state index is 0.0171. The van der Waals surface area contributed by atoms with Gasteiger partial charge in [-0.05, 0) is 83.1 Å². The van der Waals surface area contributed by atoms with Crippen LogP contribution in [-0.2, 0) is 16.0 Å². The fourth-order valence-electron chi connectivity index (χ4n) is 4.18. The van der Waals surface area contributed by atoms with E-state index in [0.29, 0.717) is 25.5 Å². The van der Waals surface area contributed by atoms with Gasteiger partial charge in [-0.2, -0.15) is 0 Å². The second-order valence-electron chi connectivity index (χ2n) is 9.04. The standard InChI is InChI=1S/C32H33NO6/c1-23(34)33-19-18-27-7-5-6-26-12-17-30(22-31(26)27)38-21-4-3-20-37-28-13-8-24(9-14-28)25-10-15-29(16-11-25)39-32(35)36-2/h5-17,22H,3-4,18-21H2,1-2H3,(H,33,34). The highest BCUT2D eigenvalue weighted by atomic mass is 16.7. The summed E-state index contributed by atoms with van der Waals surface area (Å²) in [5.74, 6) is 2.07. The fourth-order valence-corrected chi connectivity index (χ4v) is 4.18. The lowest BCUT2D eigenvalue weighted by Gasteiger charge is -2.11. The molecule has 0 atom stereocenters. The zero-order valence-electron chi connectivity index (χ0n) is 22.3. The van der Waals surface area contributed by atoms with E-state index in [-0.39, 0.29) is 5.91 Å². The molecular formula is C32H33NO6. The molecule has 0 radical (unpaired) electrons. The highest BCUT2D eigenvalue weighted by Gasteiger charge is 2.06. The molecule has 0 aliphatic rings. The largest absolute Gasteiger partial charge is 0.513 e. The Hall–Kier alpha value is -4.52. The van der Waals surface area contributed by atoms with Crippen LogP contribution in [0.3, 0.4) is 0 Å². The second-order valence-corrected chi connectivity index (χ2v) is 9.04. The van der Waals surface area contributed by atoms with Crippen LogP contribution in [0.2, 0.25) is 0 Å². The number of carbonyl (C=O) groups excluding carboxylic acids is 2. The van der Waals surface area contributed by atoms with Crippen molar-refractivity contribution in [3.63, 3.8) is 0 Å². The number of hydrogen-bond donors (Lipinski definition) is 1. The normalized spacial score (nSPS) is 10.6. The van der Waals surface area contributed by atoms with Crippen molar-refractivity contribution in [3.8, 4) is 28.4 Å². The van der Waals surface area contributed by atoms with Crippen LogP contribution in [0.5, 0.6) is 17.2 Å². The molecule has 39 heavy (non-hydrogen) atoms. The van der Waals surface area contributed by atoms with E-state index in [0.717, 1.165) is 52.7 Å². The molecule has 0 aliphatic carbocycles. The molecule has 7 heteroatoms. The van der Waals surface area contributed by atoms with Crippen molar-refractivity contribution in [1.82, 2.24) is 5.32 Å². The van der Waals surface area contributed by atoms with Crippen molar-refractivity contribution in [2.24, 2.45) is 0 Å². The maximum Gasteiger partial charge on any atom is 0.513 e. The smallest absolute Gasteiger partial charge is 0.494 e. The highest BCUT2D eigenvalue weighted by Crippen LogP contribution is 2.26. The number of nitrogens with one attached hydrogen (secondary N) is 1. The average molecular weight is 528 g/mol. The molecule has 0 bridgehead atoms. The summed E-state index contributed by atoms with van der Waals surface area (Å²) in [5, 5.41) is 5.17. The number of ether oxygens (including phenoxy) is 4. The molecule has 0 aliphatic heterocycles. The number of methoxy groups -OCH3 is 1. The van der Waals surface area contributed by atoms with Crippen LogP contribution < -0.4 is 19.5 Å². The SMILES string of the molecule is COC(=O)Oc1ccc(-c2ccc(OCCCCOc3ccc4cccc(CCNC(C)=O)c4c3)cc2)cc1. The van der Waals surface area contributed by atoms with Gasteiger partial charge >= 0.3 is 6.16 Å². The van der Waals surface area contributed by atoms with E-state index >= 15 is 0 Å². The van der Waals surface area contributed by atoms with Gasteiger partial charge in [0.25, 0.3) is 0 Å². The maximum atomic E-state index is 11.2. The quantitative estimate of drug-likeness (QED) is 0.127. The molecule has 7 nitrogen and oxygen atoms in total. The molecule has 1 amide bonds. The van der Waals surface area contributed by atoms with E-state index < -0.39 is 6.16 Å². The van der Waals surface area contributed by atoms with E-state index in [2.05, 4.69) is 34.3 Å². The van der Waals surface area contributed by atoms with Gasteiger partial charge in [-0.15, -0.1) is 0 Å². The zero-order chi connectivity index (χ0) is 27.5. The van der Waals surface area contributed by atoms with Gasteiger partial charge < -0.3 is 24.3 Å². The maximum absolute atomic E-state index is 11.2. The predicted octanol–water partition coefficient (Wildman–Crippen LogP) is 6.57. The van der Waals surface area contributed by atoms with Crippen molar-refractivity contribution in [3.05, 3.63) is 90.5 Å². The first-order valence-electron chi connectivity index (χ1n) is 13.0. The van der Waals surface area contributed by atoms with E-state index in [1.165, 1.54) is 19.6 Å². The van der Waals surface area contributed by atoms with Crippen molar-refractivity contribution in [2.45, 2.75) is 26.2 Å². The summed E-state index contributed by atoms with van der Waals surface area (Å²) in [6.45, 7) is 3.36. The molecule has 0 saturated heterocycles. The molecule has 0 fully saturated rings. The van der Waals surface area contributed by atoms with Gasteiger partial charge in [0.05, 0.1) is 20.3 Å². The number of fused-ring (bicyclic) bond motifs is 1. The number of rotatable bonds is 12. The highest BCUT2D eigenvalue weighted by molar-refractivity contribution is 5.87. The molecule has 0 heterocycles. The Morgan fingerprint density at radius 1 is 0.744 bits per heavy atom. The first kappa shape index (κ1) is 27.5. The van der Waals surface area contributed by atoms with Crippen LogP contribution in [0.1, 0.15) is 25.3 Å². The Balaban J connectivity index is 1.20. The first-order chi connectivity index (χ1) is 19.0. The van der Waals surface area contributed by atoms with Gasteiger partial charge in [-0.25, -0.2) is 4.79 Å². The molecule has 202 valence electrons. The molecule has 0 unspecified atom stereocenters. The fraction of sp³-hybridized carbons (Fsp3) is 0.250. The summed E-state index contributed by atoms with van der Waals surface area (Å²) < 4.78 is 21.4. The number of benzene rings is 4. The molecule has 0 saturated carbocycles. The van der Waals surface area contributed by atoms with Gasteiger partial charge in [0.1, 0.15) is 17.2 Å². The van der Waals surface area contributed by atoms with Crippen molar-refractivity contribution in [1.29, 1.82) is 0 Å². The summed E-state index contributed by atoms with van der Waals surface area (Å²) in [4.78, 5) is 22.4. The lowest BCUT2D eigenvalue weighted by atomic mass is 10.0. The molecule has 4 aromatic carbocycles. The minimum Gasteiger partial charge on any atom is -0.494 e. The molecular weight excluding hydrogens is 494 g/mol. The predicted molar refractivity (Wildman–Crippen MR) is 151 cm³/mol. The Bertz CT molecular complexity index is 1380. The monoisotopic (exact) mass is 527 g/mol. The van der Waals surface area contributed by atoms with E-state index in [9.17, 15) is 9.59 Å². The molecule has 4 rings (SSSR count). The number of unbranched alkanes of at least 4 members (excludes halogenated alkanes) is 1. The second kappa shape index (κ2) is 13.9. The Morgan fingerprint density at radius 2 is 1.36 bits per heavy atom. The molecule has 1 N–H and O–H groups in total. The number of amides is 1. The van der Waals surface area contributed by atoms with Gasteiger partial charge in [0, 0.05) is 13.5 Å². The molecule has 0 spiro atoms. The van der Waals surface area contributed by atoms with Gasteiger partial charge in [0.15, 0.2) is 0 Å². The first-order valence-corrected chi connectivity index (χ1v) is 13.0. The summed E-state index contributed by atoms with van der Waals surface area (Å²) >= 11 is 0. The van der Waals surface area contributed by atoms with Crippen molar-refractivity contribution >= 4 is 22.8 Å². The lowest BCUT2D eigenvalue weighted by molar-refractivity contribution is -0.118. The molecule has 0 aromatic heterocycles. The van der Waals surface area contributed by atoms with Gasteiger partial charge in [-0.3, -0.25) is 4.79 Å². The van der Waals surface area contributed by atoms with Crippen LogP contribution in [0.4, 0.5) is 4.79 Å². The third-order valence-corrected chi connectivity index (χ3v) is 6.20. The van der Waals surface area contributed by atoms with Gasteiger partial charge in [0.2, 0.25) is 5.91 Å². The third-order valence-electron chi connectivity index (χ3n) is 6.20. The summed E-state index contributed by atoms with van der Waals surface area (Å²) in [6.07, 6.45) is 1.78. The van der Waals surface area contributed by atoms with Crippen molar-refractivity contribution < 1.29 is 28.5 Å². The van der Waals surface area contributed by atoms with E-state index in [1.54, 1.807) is 12.1 Å². The Morgan fingerprint density at radius 3 is 2.00 bits per heavy atom. The minimum atomic E-state index is -0.741. The average Bonchev–Trinajstić information content (AvgIpc) is 2.95. The van der Waals surface area contributed by atoms with Crippen LogP contribution in [0.25, 0.3) is 21.9 Å².